The molecule has 1 aromatic rings. The Morgan fingerprint density at radius 2 is 1.42 bits per heavy atom. The summed E-state index contributed by atoms with van der Waals surface area (Å²) < 4.78 is 0.0282. The van der Waals surface area contributed by atoms with E-state index >= 15 is 0 Å². The van der Waals surface area contributed by atoms with Gasteiger partial charge in [-0.25, -0.2) is 4.79 Å². The average molecular weight is 533 g/mol. The fourth-order valence-corrected chi connectivity index (χ4v) is 3.42. The van der Waals surface area contributed by atoms with Gasteiger partial charge in [0.05, 0.1) is 26.9 Å². The van der Waals surface area contributed by atoms with Crippen LogP contribution in [0.5, 0.6) is 11.5 Å². The topological polar surface area (TPSA) is 152 Å². The van der Waals surface area contributed by atoms with Gasteiger partial charge in [-0.15, -0.1) is 0 Å². The van der Waals surface area contributed by atoms with Gasteiger partial charge in [-0.3, -0.25) is 9.59 Å². The van der Waals surface area contributed by atoms with Gasteiger partial charge in [-0.2, -0.15) is 0 Å². The minimum atomic E-state index is -1.81. The van der Waals surface area contributed by atoms with E-state index in [9.17, 15) is 29.7 Å². The second-order valence-corrected chi connectivity index (χ2v) is 6.83. The van der Waals surface area contributed by atoms with E-state index in [4.69, 9.17) is 10.2 Å². The Morgan fingerprint density at radius 1 is 0.917 bits per heavy atom. The zero-order valence-electron chi connectivity index (χ0n) is 11.5. The summed E-state index contributed by atoms with van der Waals surface area (Å²) in [6, 6.07) is 0. The molecule has 0 amide bonds. The molecule has 0 fully saturated rings. The molecule has 11 heteroatoms. The standard InChI is InChI=1S/C13H9Br3O8/c14-7-5(8(15)10(19)11(20)9(7)16)1-3(12(21)22)4(13(23)24)2-6(17)18/h1,4,19-20H,2H2,(H,17,18)(H,21,22)(H,23,24)/b3-1-/t4-/m0/s1. The SMILES string of the molecule is O=C(O)C[C@H](C(=O)O)/C(=C/c1c(Br)c(O)c(O)c(Br)c1Br)C(=O)O. The number of benzene rings is 1. The molecule has 1 rings (SSSR count). The first kappa shape index (κ1) is 20.5. The minimum absolute atomic E-state index is 0.00398. The lowest BCUT2D eigenvalue weighted by Gasteiger charge is -2.14. The van der Waals surface area contributed by atoms with Crippen LogP contribution < -0.4 is 0 Å². The quantitative estimate of drug-likeness (QED) is 0.213. The van der Waals surface area contributed by atoms with Crippen molar-refractivity contribution in [1.29, 1.82) is 0 Å². The summed E-state index contributed by atoms with van der Waals surface area (Å²) in [4.78, 5) is 33.4. The normalized spacial score (nSPS) is 12.7. The molecule has 0 aromatic heterocycles. The Labute approximate surface area is 159 Å². The molecule has 0 unspecified atom stereocenters. The molecule has 0 spiro atoms. The first-order valence-electron chi connectivity index (χ1n) is 5.96. The highest BCUT2D eigenvalue weighted by Gasteiger charge is 2.31. The summed E-state index contributed by atoms with van der Waals surface area (Å²) in [6.45, 7) is 0. The molecular weight excluding hydrogens is 524 g/mol. The molecule has 0 aliphatic carbocycles. The predicted octanol–water partition coefficient (Wildman–Crippen LogP) is 3.03. The van der Waals surface area contributed by atoms with Crippen LogP contribution in [0.4, 0.5) is 0 Å². The summed E-state index contributed by atoms with van der Waals surface area (Å²) in [7, 11) is 0. The number of hydrogen-bond donors (Lipinski definition) is 5. The van der Waals surface area contributed by atoms with E-state index in [1.165, 1.54) is 0 Å². The van der Waals surface area contributed by atoms with Crippen molar-refractivity contribution in [3.05, 3.63) is 24.6 Å². The largest absolute Gasteiger partial charge is 0.503 e. The molecule has 24 heavy (non-hydrogen) atoms. The Morgan fingerprint density at radius 3 is 1.83 bits per heavy atom. The second-order valence-electron chi connectivity index (χ2n) is 4.45. The molecule has 1 atom stereocenters. The Bertz CT molecular complexity index is 727. The van der Waals surface area contributed by atoms with Gasteiger partial charge in [0.15, 0.2) is 11.5 Å². The first-order valence-corrected chi connectivity index (χ1v) is 8.34. The first-order chi connectivity index (χ1) is 11.0. The minimum Gasteiger partial charge on any atom is -0.503 e. The fraction of sp³-hybridized carbons (Fsp3) is 0.154. The van der Waals surface area contributed by atoms with Gasteiger partial charge < -0.3 is 25.5 Å². The van der Waals surface area contributed by atoms with E-state index < -0.39 is 47.3 Å². The summed E-state index contributed by atoms with van der Waals surface area (Å²) in [5, 5.41) is 46.7. The van der Waals surface area contributed by atoms with Gasteiger partial charge in [0, 0.05) is 10.0 Å². The summed E-state index contributed by atoms with van der Waals surface area (Å²) in [5.74, 6) is -7.68. The number of carbonyl (C=O) groups is 3. The lowest BCUT2D eigenvalue weighted by molar-refractivity contribution is -0.148. The van der Waals surface area contributed by atoms with Crippen molar-refractivity contribution in [3.63, 3.8) is 0 Å². The number of rotatable bonds is 6. The molecule has 5 N–H and O–H groups in total. The molecule has 0 radical (unpaired) electrons. The van der Waals surface area contributed by atoms with E-state index in [2.05, 4.69) is 47.8 Å². The van der Waals surface area contributed by atoms with E-state index in [1.54, 1.807) is 0 Å². The van der Waals surface area contributed by atoms with Crippen LogP contribution in [-0.4, -0.2) is 43.4 Å². The van der Waals surface area contributed by atoms with Crippen molar-refractivity contribution in [2.75, 3.05) is 0 Å². The highest BCUT2D eigenvalue weighted by molar-refractivity contribution is 9.13. The Hall–Kier alpha value is -1.59. The molecule has 0 heterocycles. The van der Waals surface area contributed by atoms with E-state index in [0.29, 0.717) is 0 Å². The maximum absolute atomic E-state index is 11.4. The van der Waals surface area contributed by atoms with E-state index in [1.807, 2.05) is 0 Å². The van der Waals surface area contributed by atoms with Crippen LogP contribution in [0.1, 0.15) is 12.0 Å². The number of phenolic OH excluding ortho intramolecular Hbond substituents is 2. The molecule has 8 nitrogen and oxygen atoms in total. The number of halogens is 3. The average Bonchev–Trinajstić information content (AvgIpc) is 2.48. The zero-order valence-corrected chi connectivity index (χ0v) is 16.2. The van der Waals surface area contributed by atoms with E-state index in [-0.39, 0.29) is 19.0 Å². The Kier molecular flexibility index (Phi) is 6.81. The van der Waals surface area contributed by atoms with Crippen molar-refractivity contribution in [2.45, 2.75) is 6.42 Å². The summed E-state index contributed by atoms with van der Waals surface area (Å²) in [6.07, 6.45) is -0.0317. The van der Waals surface area contributed by atoms with Gasteiger partial charge in [0.25, 0.3) is 0 Å². The Balaban J connectivity index is 3.66. The van der Waals surface area contributed by atoms with Crippen molar-refractivity contribution in [1.82, 2.24) is 0 Å². The molecule has 0 aliphatic heterocycles. The second kappa shape index (κ2) is 7.99. The maximum Gasteiger partial charge on any atom is 0.332 e. The third-order valence-electron chi connectivity index (χ3n) is 2.90. The van der Waals surface area contributed by atoms with Crippen molar-refractivity contribution < 1.29 is 39.9 Å². The molecule has 0 saturated heterocycles. The molecule has 0 saturated carbocycles. The number of aromatic hydroxyl groups is 2. The van der Waals surface area contributed by atoms with Crippen LogP contribution >= 0.6 is 47.8 Å². The maximum atomic E-state index is 11.4. The molecule has 1 aromatic carbocycles. The van der Waals surface area contributed by atoms with Gasteiger partial charge >= 0.3 is 17.9 Å². The summed E-state index contributed by atoms with van der Waals surface area (Å²) >= 11 is 9.03. The highest BCUT2D eigenvalue weighted by atomic mass is 79.9. The number of phenols is 2. The smallest absolute Gasteiger partial charge is 0.332 e. The van der Waals surface area contributed by atoms with Crippen LogP contribution in [0.2, 0.25) is 0 Å². The predicted molar refractivity (Wildman–Crippen MR) is 91.9 cm³/mol. The van der Waals surface area contributed by atoms with E-state index in [0.717, 1.165) is 6.08 Å². The van der Waals surface area contributed by atoms with Crippen LogP contribution in [-0.2, 0) is 14.4 Å². The monoisotopic (exact) mass is 530 g/mol. The number of carboxylic acids is 3. The molecule has 0 aliphatic rings. The number of aliphatic carboxylic acids is 3. The van der Waals surface area contributed by atoms with Crippen LogP contribution in [0.3, 0.4) is 0 Å². The third-order valence-corrected chi connectivity index (χ3v) is 5.84. The number of carboxylic acid groups (broad SMARTS) is 3. The molecule has 0 bridgehead atoms. The number of hydrogen-bond acceptors (Lipinski definition) is 5. The highest BCUT2D eigenvalue weighted by Crippen LogP contribution is 2.47. The van der Waals surface area contributed by atoms with Crippen LogP contribution in [0.25, 0.3) is 6.08 Å². The molecular formula is C13H9Br3O8. The fourth-order valence-electron chi connectivity index (χ4n) is 1.75. The zero-order chi connectivity index (χ0) is 18.8. The van der Waals surface area contributed by atoms with Gasteiger partial charge in [0.1, 0.15) is 0 Å². The lowest BCUT2D eigenvalue weighted by Crippen LogP contribution is -2.24. The van der Waals surface area contributed by atoms with Crippen LogP contribution in [0.15, 0.2) is 19.0 Å². The van der Waals surface area contributed by atoms with Gasteiger partial charge in [-0.05, 0) is 53.9 Å². The third kappa shape index (κ3) is 4.28. The van der Waals surface area contributed by atoms with Crippen molar-refractivity contribution in [3.8, 4) is 11.5 Å². The van der Waals surface area contributed by atoms with Crippen molar-refractivity contribution in [2.24, 2.45) is 5.92 Å². The lowest BCUT2D eigenvalue weighted by atomic mass is 9.93. The van der Waals surface area contributed by atoms with Crippen molar-refractivity contribution >= 4 is 71.8 Å². The molecule has 130 valence electrons. The van der Waals surface area contributed by atoms with Crippen LogP contribution in [0, 0.1) is 5.92 Å². The summed E-state index contributed by atoms with van der Waals surface area (Å²) in [5.41, 5.74) is -0.700. The van der Waals surface area contributed by atoms with Gasteiger partial charge in [-0.1, -0.05) is 0 Å². The van der Waals surface area contributed by atoms with Gasteiger partial charge in [0.2, 0.25) is 0 Å².